The topological polar surface area (TPSA) is 104 Å². The van der Waals surface area contributed by atoms with Crippen molar-refractivity contribution in [1.29, 1.82) is 0 Å². The van der Waals surface area contributed by atoms with Crippen LogP contribution in [-0.2, 0) is 0 Å². The summed E-state index contributed by atoms with van der Waals surface area (Å²) in [5.74, 6) is -0.304. The number of amides is 1. The first-order valence-corrected chi connectivity index (χ1v) is 6.42. The monoisotopic (exact) mass is 282 g/mol. The molecule has 6 nitrogen and oxygen atoms in total. The molecule has 0 aliphatic heterocycles. The zero-order valence-electron chi connectivity index (χ0n) is 11.4. The number of benzene rings is 1. The number of nitrogens with one attached hydrogen (secondary N) is 3. The van der Waals surface area contributed by atoms with E-state index in [1.165, 1.54) is 6.92 Å². The Morgan fingerprint density at radius 3 is 2.29 bits per heavy atom. The first kappa shape index (κ1) is 13.0. The number of hydrogen-bond acceptors (Lipinski definition) is 3. The summed E-state index contributed by atoms with van der Waals surface area (Å²) in [4.78, 5) is 29.3. The fourth-order valence-corrected chi connectivity index (χ4v) is 2.09. The van der Waals surface area contributed by atoms with Gasteiger partial charge in [-0.15, -0.1) is 0 Å². The number of aromatic nitrogens is 2. The average molecular weight is 282 g/mol. The Bertz CT molecular complexity index is 796. The van der Waals surface area contributed by atoms with Crippen LogP contribution < -0.4 is 11.1 Å². The highest BCUT2D eigenvalue weighted by Crippen LogP contribution is 2.18. The van der Waals surface area contributed by atoms with E-state index in [1.54, 1.807) is 36.4 Å². The lowest BCUT2D eigenvalue weighted by molar-refractivity contribution is 0.101. The maximum atomic E-state index is 12.1. The smallest absolute Gasteiger partial charge is 0.272 e. The number of anilines is 2. The van der Waals surface area contributed by atoms with Crippen LogP contribution in [0.5, 0.6) is 0 Å². The standard InChI is InChI=1S/C15H14N4O2/c1-8(20)12-6-9-7-13(19-14(9)18-12)15(21)17-11-4-2-10(16)3-5-11/h2-7,18-19H,16H2,1H3,(H,17,21). The number of H-pyrrole nitrogens is 2. The number of fused-ring (bicyclic) bond motifs is 1. The van der Waals surface area contributed by atoms with Crippen LogP contribution in [0.15, 0.2) is 36.4 Å². The van der Waals surface area contributed by atoms with Crippen LogP contribution in [0.3, 0.4) is 0 Å². The van der Waals surface area contributed by atoms with Gasteiger partial charge in [0.05, 0.1) is 5.69 Å². The summed E-state index contributed by atoms with van der Waals surface area (Å²) >= 11 is 0. The van der Waals surface area contributed by atoms with E-state index in [0.29, 0.717) is 28.4 Å². The molecule has 0 aliphatic rings. The predicted octanol–water partition coefficient (Wildman–Crippen LogP) is 2.53. The van der Waals surface area contributed by atoms with Crippen molar-refractivity contribution in [3.63, 3.8) is 0 Å². The van der Waals surface area contributed by atoms with E-state index in [2.05, 4.69) is 15.3 Å². The van der Waals surface area contributed by atoms with Crippen LogP contribution in [0, 0.1) is 0 Å². The van der Waals surface area contributed by atoms with Crippen molar-refractivity contribution in [2.24, 2.45) is 0 Å². The molecule has 0 spiro atoms. The number of ketones is 1. The molecule has 0 saturated heterocycles. The third kappa shape index (κ3) is 2.51. The van der Waals surface area contributed by atoms with Crippen molar-refractivity contribution < 1.29 is 9.59 Å². The zero-order valence-corrected chi connectivity index (χ0v) is 11.4. The molecule has 0 unspecified atom stereocenters. The normalized spacial score (nSPS) is 10.7. The van der Waals surface area contributed by atoms with E-state index >= 15 is 0 Å². The molecule has 1 aromatic carbocycles. The van der Waals surface area contributed by atoms with E-state index in [-0.39, 0.29) is 11.7 Å². The number of nitrogen functional groups attached to an aromatic ring is 1. The highest BCUT2D eigenvalue weighted by molar-refractivity contribution is 6.06. The Morgan fingerprint density at radius 2 is 1.67 bits per heavy atom. The van der Waals surface area contributed by atoms with Crippen molar-refractivity contribution in [2.75, 3.05) is 11.1 Å². The average Bonchev–Trinajstić information content (AvgIpc) is 2.99. The largest absolute Gasteiger partial charge is 0.399 e. The molecule has 5 N–H and O–H groups in total. The van der Waals surface area contributed by atoms with Gasteiger partial charge in [-0.25, -0.2) is 0 Å². The molecule has 3 rings (SSSR count). The van der Waals surface area contributed by atoms with E-state index < -0.39 is 0 Å². The lowest BCUT2D eigenvalue weighted by Crippen LogP contribution is -2.12. The van der Waals surface area contributed by atoms with Crippen molar-refractivity contribution in [3.05, 3.63) is 47.8 Å². The first-order chi connectivity index (χ1) is 10.0. The van der Waals surface area contributed by atoms with E-state index in [0.717, 1.165) is 5.39 Å². The van der Waals surface area contributed by atoms with Crippen LogP contribution >= 0.6 is 0 Å². The Kier molecular flexibility index (Phi) is 2.98. The number of nitrogens with two attached hydrogens (primary N) is 1. The molecule has 2 aromatic heterocycles. The molecule has 0 bridgehead atoms. The van der Waals surface area contributed by atoms with Gasteiger partial charge in [-0.05, 0) is 36.4 Å². The maximum absolute atomic E-state index is 12.1. The van der Waals surface area contributed by atoms with Crippen LogP contribution in [0.25, 0.3) is 11.0 Å². The second kappa shape index (κ2) is 4.82. The molecular formula is C15H14N4O2. The number of carbonyl (C=O) groups is 2. The second-order valence-electron chi connectivity index (χ2n) is 4.83. The van der Waals surface area contributed by atoms with Crippen LogP contribution in [-0.4, -0.2) is 21.7 Å². The number of hydrogen-bond donors (Lipinski definition) is 4. The maximum Gasteiger partial charge on any atom is 0.272 e. The lowest BCUT2D eigenvalue weighted by Gasteiger charge is -2.03. The van der Waals surface area contributed by atoms with Gasteiger partial charge in [0.15, 0.2) is 5.78 Å². The highest BCUT2D eigenvalue weighted by atomic mass is 16.2. The molecular weight excluding hydrogens is 268 g/mol. The third-order valence-electron chi connectivity index (χ3n) is 3.20. The summed E-state index contributed by atoms with van der Waals surface area (Å²) in [7, 11) is 0. The molecule has 0 fully saturated rings. The number of Topliss-reactive ketones (excluding diaryl/α,β-unsaturated/α-hetero) is 1. The Balaban J connectivity index is 1.82. The van der Waals surface area contributed by atoms with Crippen LogP contribution in [0.4, 0.5) is 11.4 Å². The fraction of sp³-hybridized carbons (Fsp3) is 0.0667. The van der Waals surface area contributed by atoms with Gasteiger partial charge < -0.3 is 21.0 Å². The molecule has 2 heterocycles. The van der Waals surface area contributed by atoms with Crippen LogP contribution in [0.1, 0.15) is 27.9 Å². The van der Waals surface area contributed by atoms with Crippen molar-refractivity contribution in [2.45, 2.75) is 6.92 Å². The Hall–Kier alpha value is -3.02. The Labute approximate surface area is 120 Å². The van der Waals surface area contributed by atoms with Gasteiger partial charge in [0.1, 0.15) is 11.3 Å². The quantitative estimate of drug-likeness (QED) is 0.438. The highest BCUT2D eigenvalue weighted by Gasteiger charge is 2.13. The van der Waals surface area contributed by atoms with Gasteiger partial charge in [-0.3, -0.25) is 9.59 Å². The summed E-state index contributed by atoms with van der Waals surface area (Å²) in [5, 5.41) is 3.56. The summed E-state index contributed by atoms with van der Waals surface area (Å²) in [6, 6.07) is 10.3. The third-order valence-corrected chi connectivity index (χ3v) is 3.20. The molecule has 0 atom stereocenters. The Morgan fingerprint density at radius 1 is 1.05 bits per heavy atom. The summed E-state index contributed by atoms with van der Waals surface area (Å²) in [6.45, 7) is 1.49. The van der Waals surface area contributed by atoms with Gasteiger partial charge in [-0.2, -0.15) is 0 Å². The van der Waals surface area contributed by atoms with Gasteiger partial charge in [0.2, 0.25) is 0 Å². The molecule has 6 heteroatoms. The SMILES string of the molecule is CC(=O)c1cc2cc(C(=O)Nc3ccc(N)cc3)[nH]c2[nH]1. The minimum absolute atomic E-state index is 0.0486. The molecule has 0 saturated carbocycles. The fourth-order valence-electron chi connectivity index (χ4n) is 2.09. The van der Waals surface area contributed by atoms with E-state index in [9.17, 15) is 9.59 Å². The van der Waals surface area contributed by atoms with Crippen molar-refractivity contribution >= 4 is 34.1 Å². The number of rotatable bonds is 3. The molecule has 21 heavy (non-hydrogen) atoms. The summed E-state index contributed by atoms with van der Waals surface area (Å²) < 4.78 is 0. The van der Waals surface area contributed by atoms with Gasteiger partial charge in [-0.1, -0.05) is 0 Å². The first-order valence-electron chi connectivity index (χ1n) is 6.42. The van der Waals surface area contributed by atoms with Gasteiger partial charge in [0.25, 0.3) is 5.91 Å². The molecule has 3 aromatic rings. The molecule has 0 radical (unpaired) electrons. The number of aromatic amines is 2. The molecule has 0 aliphatic carbocycles. The van der Waals surface area contributed by atoms with Crippen LogP contribution in [0.2, 0.25) is 0 Å². The zero-order chi connectivity index (χ0) is 15.0. The van der Waals surface area contributed by atoms with Crippen molar-refractivity contribution in [3.8, 4) is 0 Å². The molecule has 106 valence electrons. The minimum atomic E-state index is -0.256. The second-order valence-corrected chi connectivity index (χ2v) is 4.83. The summed E-state index contributed by atoms with van der Waals surface area (Å²) in [6.07, 6.45) is 0. The van der Waals surface area contributed by atoms with E-state index in [1.807, 2.05) is 0 Å². The predicted molar refractivity (Wildman–Crippen MR) is 81.5 cm³/mol. The minimum Gasteiger partial charge on any atom is -0.399 e. The van der Waals surface area contributed by atoms with Gasteiger partial charge >= 0.3 is 0 Å². The molecule has 1 amide bonds. The number of carbonyl (C=O) groups excluding carboxylic acids is 2. The summed E-state index contributed by atoms with van der Waals surface area (Å²) in [5.41, 5.74) is 8.48. The lowest BCUT2D eigenvalue weighted by atomic mass is 10.2. The van der Waals surface area contributed by atoms with Crippen molar-refractivity contribution in [1.82, 2.24) is 9.97 Å². The van der Waals surface area contributed by atoms with E-state index in [4.69, 9.17) is 5.73 Å². The van der Waals surface area contributed by atoms with Gasteiger partial charge in [0, 0.05) is 23.7 Å².